The molecule has 4 atom stereocenters. The first kappa shape index (κ1) is 27.8. The Morgan fingerprint density at radius 1 is 1.08 bits per heavy atom. The lowest BCUT2D eigenvalue weighted by atomic mass is 9.78. The first-order valence-electron chi connectivity index (χ1n) is 18.0. The fourth-order valence-electron chi connectivity index (χ4n) is 9.54. The maximum atomic E-state index is 17.1. The summed E-state index contributed by atoms with van der Waals surface area (Å²) in [7, 11) is 0. The Hall–Kier alpha value is -3.97. The number of aromatic nitrogens is 3. The summed E-state index contributed by atoms with van der Waals surface area (Å²) in [6.07, 6.45) is 7.14. The van der Waals surface area contributed by atoms with Crippen molar-refractivity contribution in [3.63, 3.8) is 0 Å². The van der Waals surface area contributed by atoms with Crippen LogP contribution >= 0.6 is 0 Å². The molecule has 3 aliphatic heterocycles. The van der Waals surface area contributed by atoms with Crippen LogP contribution in [0.2, 0.25) is 0 Å². The summed E-state index contributed by atoms with van der Waals surface area (Å²) < 4.78 is 93.2. The SMILES string of the molecule is [2H]C([2H])(F)Oc1c(F)ccc2cc(N)cc(-c3ncc4c(N5CCOC[C@H]6[C@H](F)[C@H]65)nc(OC[C@@]56CC7(CC7)CN5CCC65CC5)nc4c3F)c12. The first-order valence-corrected chi connectivity index (χ1v) is 17.0. The van der Waals surface area contributed by atoms with Crippen LogP contribution in [-0.4, -0.2) is 83.9 Å². The second-order valence-electron chi connectivity index (χ2n) is 15.1. The molecule has 4 aromatic rings. The lowest BCUT2D eigenvalue weighted by Crippen LogP contribution is -2.49. The van der Waals surface area contributed by atoms with Crippen molar-refractivity contribution in [1.82, 2.24) is 19.9 Å². The Morgan fingerprint density at radius 2 is 1.94 bits per heavy atom. The van der Waals surface area contributed by atoms with Gasteiger partial charge in [0, 0.05) is 41.8 Å². The summed E-state index contributed by atoms with van der Waals surface area (Å²) in [4.78, 5) is 18.2. The topological polar surface area (TPSA) is 98.9 Å². The quantitative estimate of drug-likeness (QED) is 0.187. The summed E-state index contributed by atoms with van der Waals surface area (Å²) in [5.74, 6) is -2.82. The van der Waals surface area contributed by atoms with E-state index in [1.807, 2.05) is 0 Å². The minimum absolute atomic E-state index is 0.0433. The fraction of sp³-hybridized carbons (Fsp3) is 0.528. The van der Waals surface area contributed by atoms with Gasteiger partial charge in [0.15, 0.2) is 17.4 Å². The van der Waals surface area contributed by atoms with Gasteiger partial charge in [-0.1, -0.05) is 6.07 Å². The smallest absolute Gasteiger partial charge is 0.319 e. The molecule has 2 spiro atoms. The zero-order valence-corrected chi connectivity index (χ0v) is 26.7. The summed E-state index contributed by atoms with van der Waals surface area (Å²) in [5.41, 5.74) is 6.24. The molecule has 3 saturated carbocycles. The molecule has 9 nitrogen and oxygen atoms in total. The molecule has 5 heterocycles. The van der Waals surface area contributed by atoms with Crippen LogP contribution in [0.1, 0.15) is 41.3 Å². The van der Waals surface area contributed by atoms with Crippen LogP contribution in [0.5, 0.6) is 11.8 Å². The molecule has 49 heavy (non-hydrogen) atoms. The number of nitrogens with zero attached hydrogens (tertiary/aromatic N) is 5. The number of nitrogens with two attached hydrogens (primary N) is 1. The minimum atomic E-state index is -3.74. The van der Waals surface area contributed by atoms with Crippen molar-refractivity contribution in [2.24, 2.45) is 16.7 Å². The van der Waals surface area contributed by atoms with Crippen LogP contribution in [0.15, 0.2) is 30.5 Å². The van der Waals surface area contributed by atoms with Crippen molar-refractivity contribution < 1.29 is 34.5 Å². The molecule has 256 valence electrons. The molecule has 0 unspecified atom stereocenters. The van der Waals surface area contributed by atoms with Crippen molar-refractivity contribution in [2.45, 2.75) is 56.3 Å². The van der Waals surface area contributed by atoms with Gasteiger partial charge in [-0.2, -0.15) is 9.97 Å². The number of anilines is 2. The zero-order valence-electron chi connectivity index (χ0n) is 28.7. The fourth-order valence-corrected chi connectivity index (χ4v) is 9.54. The summed E-state index contributed by atoms with van der Waals surface area (Å²) >= 11 is 0. The minimum Gasteiger partial charge on any atom is -0.461 e. The van der Waals surface area contributed by atoms with E-state index >= 15 is 13.2 Å². The lowest BCUT2D eigenvalue weighted by molar-refractivity contribution is 0.0640. The summed E-state index contributed by atoms with van der Waals surface area (Å²) in [6.45, 7) is -0.397. The van der Waals surface area contributed by atoms with E-state index in [9.17, 15) is 4.39 Å². The van der Waals surface area contributed by atoms with Gasteiger partial charge >= 0.3 is 6.01 Å². The third-order valence-corrected chi connectivity index (χ3v) is 12.4. The molecule has 0 bridgehead atoms. The Kier molecular flexibility index (Phi) is 5.84. The third kappa shape index (κ3) is 4.33. The molecular weight excluding hydrogens is 640 g/mol. The number of hydrogen-bond acceptors (Lipinski definition) is 9. The van der Waals surface area contributed by atoms with Crippen LogP contribution < -0.4 is 20.1 Å². The lowest BCUT2D eigenvalue weighted by Gasteiger charge is -2.37. The summed E-state index contributed by atoms with van der Waals surface area (Å²) in [5, 5.41) is 0.340. The van der Waals surface area contributed by atoms with Crippen molar-refractivity contribution in [3.8, 4) is 23.0 Å². The van der Waals surface area contributed by atoms with Crippen molar-refractivity contribution >= 4 is 33.2 Å². The largest absolute Gasteiger partial charge is 0.461 e. The number of halogens is 4. The molecule has 2 aromatic carbocycles. The van der Waals surface area contributed by atoms with E-state index in [1.165, 1.54) is 37.2 Å². The van der Waals surface area contributed by atoms with Crippen molar-refractivity contribution in [3.05, 3.63) is 42.1 Å². The molecule has 0 radical (unpaired) electrons. The second kappa shape index (κ2) is 10.3. The maximum absolute atomic E-state index is 17.1. The predicted octanol–water partition coefficient (Wildman–Crippen LogP) is 5.97. The molecular formula is C36H36F4N6O3. The van der Waals surface area contributed by atoms with Gasteiger partial charge in [0.2, 0.25) is 6.81 Å². The average molecular weight is 679 g/mol. The van der Waals surface area contributed by atoms with E-state index in [0.29, 0.717) is 25.2 Å². The molecule has 6 aliphatic rings. The van der Waals surface area contributed by atoms with E-state index in [0.717, 1.165) is 44.8 Å². The van der Waals surface area contributed by atoms with Crippen LogP contribution in [0.3, 0.4) is 0 Å². The highest BCUT2D eigenvalue weighted by molar-refractivity contribution is 6.04. The number of fused-ring (bicyclic) bond motifs is 5. The van der Waals surface area contributed by atoms with Crippen LogP contribution in [0.4, 0.5) is 29.1 Å². The van der Waals surface area contributed by atoms with Crippen LogP contribution in [0, 0.1) is 28.4 Å². The van der Waals surface area contributed by atoms with E-state index in [4.69, 9.17) is 27.7 Å². The van der Waals surface area contributed by atoms with E-state index in [1.54, 1.807) is 4.90 Å². The third-order valence-electron chi connectivity index (χ3n) is 12.4. The van der Waals surface area contributed by atoms with E-state index < -0.39 is 36.4 Å². The van der Waals surface area contributed by atoms with Gasteiger partial charge < -0.3 is 24.8 Å². The standard InChI is InChI=1S/C36H36F4N6O3/c37-18-49-31-24(38)2-1-19-11-20(41)12-21(25(19)31)28-27(40)29-22(13-42-28)32(46-9-10-47-14-23-26(39)30(23)46)44-33(43-29)48-17-36-15-34(3-4-34)16-45(36)8-7-35(36)5-6-35/h1-2,11-13,23,26,30H,3-10,14-18,41H2/t23-,26-,30-,36+/m0/s1/i18D2. The molecule has 0 amide bonds. The number of rotatable bonds is 7. The molecule has 10 rings (SSSR count). The predicted molar refractivity (Wildman–Crippen MR) is 174 cm³/mol. The van der Waals surface area contributed by atoms with Gasteiger partial charge in [0.1, 0.15) is 32.5 Å². The second-order valence-corrected chi connectivity index (χ2v) is 15.1. The Morgan fingerprint density at radius 3 is 2.73 bits per heavy atom. The highest BCUT2D eigenvalue weighted by atomic mass is 19.1. The number of nitrogen functional groups attached to an aromatic ring is 1. The molecule has 3 aliphatic carbocycles. The Balaban J connectivity index is 1.12. The molecule has 6 fully saturated rings. The molecule has 3 saturated heterocycles. The highest BCUT2D eigenvalue weighted by Crippen LogP contribution is 2.72. The number of pyridine rings is 1. The normalized spacial score (nSPS) is 29.9. The maximum Gasteiger partial charge on any atom is 0.319 e. The Bertz CT molecular complexity index is 2130. The first-order chi connectivity index (χ1) is 24.4. The van der Waals surface area contributed by atoms with Crippen LogP contribution in [0.25, 0.3) is 32.9 Å². The molecule has 13 heteroatoms. The van der Waals surface area contributed by atoms with Gasteiger partial charge in [0.25, 0.3) is 0 Å². The number of alkyl halides is 2. The average Bonchev–Trinajstić information content (AvgIpc) is 4.01. The zero-order chi connectivity index (χ0) is 35.1. The van der Waals surface area contributed by atoms with Gasteiger partial charge in [0.05, 0.1) is 30.2 Å². The van der Waals surface area contributed by atoms with Gasteiger partial charge in [-0.3, -0.25) is 9.88 Å². The van der Waals surface area contributed by atoms with E-state index in [-0.39, 0.29) is 73.9 Å². The molecule has 2 aromatic heterocycles. The van der Waals surface area contributed by atoms with E-state index in [2.05, 4.69) is 14.9 Å². The number of ether oxygens (including phenoxy) is 3. The van der Waals surface area contributed by atoms with Crippen LogP contribution in [-0.2, 0) is 4.74 Å². The van der Waals surface area contributed by atoms with Gasteiger partial charge in [-0.25, -0.2) is 17.6 Å². The Labute approximate surface area is 282 Å². The number of benzene rings is 2. The van der Waals surface area contributed by atoms with Crippen molar-refractivity contribution in [2.75, 3.05) is 56.9 Å². The summed E-state index contributed by atoms with van der Waals surface area (Å²) in [6, 6.07) is 4.58. The number of hydrogen-bond donors (Lipinski definition) is 1. The monoisotopic (exact) mass is 678 g/mol. The molecule has 2 N–H and O–H groups in total. The van der Waals surface area contributed by atoms with Gasteiger partial charge in [-0.15, -0.1) is 0 Å². The van der Waals surface area contributed by atoms with Crippen molar-refractivity contribution in [1.29, 1.82) is 0 Å². The van der Waals surface area contributed by atoms with Gasteiger partial charge in [-0.05, 0) is 79.5 Å². The highest BCUT2D eigenvalue weighted by Gasteiger charge is 2.72.